The summed E-state index contributed by atoms with van der Waals surface area (Å²) in [5.41, 5.74) is 3.29. The largest absolute Gasteiger partial charge is 0.448 e. The number of ether oxygens (including phenoxy) is 2. The third-order valence-electron chi connectivity index (χ3n) is 10.5. The molecule has 15 heteroatoms. The van der Waals surface area contributed by atoms with Gasteiger partial charge in [-0.25, -0.2) is 14.6 Å². The number of esters is 1. The number of oxime groups is 1. The van der Waals surface area contributed by atoms with Gasteiger partial charge in [0.1, 0.15) is 35.0 Å². The summed E-state index contributed by atoms with van der Waals surface area (Å²) in [6, 6.07) is 47.1. The molecule has 1 fully saturated rings. The Morgan fingerprint density at radius 3 is 1.84 bits per heavy atom. The van der Waals surface area contributed by atoms with Crippen LogP contribution in [-0.2, 0) is 29.4 Å². The number of thiazole rings is 1. The van der Waals surface area contributed by atoms with Gasteiger partial charge in [0.05, 0.1) is 0 Å². The molecule has 2 aliphatic rings. The Morgan fingerprint density at radius 1 is 0.823 bits per heavy atom. The fourth-order valence-corrected chi connectivity index (χ4v) is 9.64. The lowest BCUT2D eigenvalue weighted by molar-refractivity contribution is -0.154. The molecule has 13 nitrogen and oxygen atoms in total. The molecule has 1 saturated heterocycles. The van der Waals surface area contributed by atoms with Crippen LogP contribution in [0.2, 0.25) is 0 Å². The van der Waals surface area contributed by atoms with E-state index < -0.39 is 52.6 Å². The van der Waals surface area contributed by atoms with Gasteiger partial charge < -0.3 is 30.6 Å². The first-order chi connectivity index (χ1) is 30.3. The predicted octanol–water partition coefficient (Wildman–Crippen LogP) is 7.07. The van der Waals surface area contributed by atoms with Crippen molar-refractivity contribution in [1.29, 1.82) is 0 Å². The van der Waals surface area contributed by atoms with Crippen LogP contribution in [0.25, 0.3) is 0 Å². The van der Waals surface area contributed by atoms with Gasteiger partial charge in [-0.2, -0.15) is 0 Å². The van der Waals surface area contributed by atoms with E-state index in [1.54, 1.807) is 5.38 Å². The Bertz CT molecular complexity index is 2480. The zero-order valence-electron chi connectivity index (χ0n) is 33.2. The molecule has 0 radical (unpaired) electrons. The van der Waals surface area contributed by atoms with Crippen LogP contribution in [0, 0.1) is 0 Å². The molecule has 8 rings (SSSR count). The fourth-order valence-electron chi connectivity index (χ4n) is 7.56. The first kappa shape index (κ1) is 41.5. The lowest BCUT2D eigenvalue weighted by Crippen LogP contribution is -2.71. The van der Waals surface area contributed by atoms with E-state index in [1.807, 2.05) is 152 Å². The number of nitrogens with one attached hydrogen (secondary N) is 3. The van der Waals surface area contributed by atoms with Crippen LogP contribution >= 0.6 is 23.1 Å². The highest BCUT2D eigenvalue weighted by atomic mass is 32.2. The maximum atomic E-state index is 14.3. The SMILES string of the molecule is CNC(=O)OCC1=C(C(=O)OC(c2ccccc2)c2ccccc2)N2C(=O)[C@@H](NC(=O)/C(=N\O)c3csc(NC(c4ccccc4)(c4ccccc4)c4ccccc4)n3)[C@H]2SC1. The summed E-state index contributed by atoms with van der Waals surface area (Å²) in [5.74, 6) is -2.08. The van der Waals surface area contributed by atoms with Crippen molar-refractivity contribution in [2.24, 2.45) is 5.16 Å². The minimum Gasteiger partial charge on any atom is -0.448 e. The Labute approximate surface area is 365 Å². The van der Waals surface area contributed by atoms with Gasteiger partial charge in [-0.15, -0.1) is 23.1 Å². The molecule has 0 spiro atoms. The topological polar surface area (TPSA) is 172 Å². The number of hydrogen-bond donors (Lipinski definition) is 4. The van der Waals surface area contributed by atoms with Gasteiger partial charge in [0.25, 0.3) is 11.8 Å². The number of hydrogen-bond acceptors (Lipinski definition) is 12. The number of rotatable bonds is 14. The lowest BCUT2D eigenvalue weighted by atomic mass is 9.77. The van der Waals surface area contributed by atoms with E-state index in [-0.39, 0.29) is 23.8 Å². The van der Waals surface area contributed by atoms with Crippen LogP contribution in [-0.4, -0.2) is 75.5 Å². The molecule has 2 aliphatic heterocycles. The number of thioether (sulfide) groups is 1. The number of β-lactam (4-membered cyclic amide) rings is 1. The number of carbonyl (C=O) groups excluding carboxylic acids is 4. The standard InChI is InChI=1S/C47H40N6O7S2/c1-48-46(57)59-27-32-28-61-43-38(42(55)53(43)39(32)44(56)60-40(30-17-7-2-8-18-30)31-19-9-3-10-20-31)50-41(54)37(52-58)36-29-62-45(49-36)51-47(33-21-11-4-12-22-33,34-23-13-5-14-24-34)35-25-15-6-16-26-35/h2-26,29,38,40,43,58H,27-28H2,1H3,(H,48,57)(H,49,51)(H,50,54)/b52-37-/t38-,43-/m1/s1. The number of alkyl carbamates (subject to hydrolysis) is 1. The van der Waals surface area contributed by atoms with E-state index in [9.17, 15) is 24.4 Å². The van der Waals surface area contributed by atoms with E-state index in [4.69, 9.17) is 14.5 Å². The lowest BCUT2D eigenvalue weighted by Gasteiger charge is -2.49. The average Bonchev–Trinajstić information content (AvgIpc) is 3.79. The van der Waals surface area contributed by atoms with Crippen LogP contribution < -0.4 is 16.0 Å². The van der Waals surface area contributed by atoms with E-state index in [0.717, 1.165) is 16.7 Å². The number of carbonyl (C=O) groups is 4. The number of benzene rings is 5. The Morgan fingerprint density at radius 2 is 1.34 bits per heavy atom. The minimum absolute atomic E-state index is 0.0741. The third kappa shape index (κ3) is 8.27. The first-order valence-electron chi connectivity index (χ1n) is 19.6. The number of aromatic nitrogens is 1. The quantitative estimate of drug-likeness (QED) is 0.0222. The van der Waals surface area contributed by atoms with E-state index in [0.29, 0.717) is 21.8 Å². The summed E-state index contributed by atoms with van der Waals surface area (Å²) in [5, 5.41) is 23.6. The number of amides is 3. The number of fused-ring (bicyclic) bond motifs is 1. The second-order valence-electron chi connectivity index (χ2n) is 14.2. The normalized spacial score (nSPS) is 16.2. The van der Waals surface area contributed by atoms with Gasteiger partial charge >= 0.3 is 12.1 Å². The van der Waals surface area contributed by atoms with Gasteiger partial charge in [-0.05, 0) is 27.8 Å². The van der Waals surface area contributed by atoms with Crippen molar-refractivity contribution in [3.05, 3.63) is 202 Å². The van der Waals surface area contributed by atoms with Gasteiger partial charge in [-0.1, -0.05) is 157 Å². The first-order valence-corrected chi connectivity index (χ1v) is 21.5. The molecule has 312 valence electrons. The number of anilines is 1. The maximum absolute atomic E-state index is 14.3. The molecule has 3 amide bonds. The molecule has 0 saturated carbocycles. The van der Waals surface area contributed by atoms with Crippen LogP contribution in [0.5, 0.6) is 0 Å². The summed E-state index contributed by atoms with van der Waals surface area (Å²) < 4.78 is 11.5. The second-order valence-corrected chi connectivity index (χ2v) is 16.2. The predicted molar refractivity (Wildman–Crippen MR) is 237 cm³/mol. The van der Waals surface area contributed by atoms with Gasteiger partial charge in [-0.3, -0.25) is 14.5 Å². The molecule has 4 N–H and O–H groups in total. The summed E-state index contributed by atoms with van der Waals surface area (Å²) in [6.45, 7) is -0.284. The summed E-state index contributed by atoms with van der Waals surface area (Å²) in [4.78, 5) is 60.3. The van der Waals surface area contributed by atoms with Crippen molar-refractivity contribution >= 4 is 57.8 Å². The highest BCUT2D eigenvalue weighted by Crippen LogP contribution is 2.43. The summed E-state index contributed by atoms with van der Waals surface area (Å²) in [6.07, 6.45) is -1.54. The molecule has 0 aliphatic carbocycles. The van der Waals surface area contributed by atoms with Gasteiger partial charge in [0.15, 0.2) is 16.9 Å². The highest BCUT2D eigenvalue weighted by Gasteiger charge is 2.55. The molecule has 3 heterocycles. The average molecular weight is 865 g/mol. The molecule has 0 unspecified atom stereocenters. The Kier molecular flexibility index (Phi) is 12.4. The van der Waals surface area contributed by atoms with Crippen molar-refractivity contribution in [3.8, 4) is 0 Å². The summed E-state index contributed by atoms with van der Waals surface area (Å²) in [7, 11) is 1.41. The molecule has 1 aromatic heterocycles. The number of nitrogens with zero attached hydrogens (tertiary/aromatic N) is 3. The van der Waals surface area contributed by atoms with E-state index in [1.165, 1.54) is 35.0 Å². The Balaban J connectivity index is 1.04. The third-order valence-corrected chi connectivity index (χ3v) is 12.6. The van der Waals surface area contributed by atoms with Gasteiger partial charge in [0, 0.05) is 23.8 Å². The second kappa shape index (κ2) is 18.6. The van der Waals surface area contributed by atoms with Gasteiger partial charge in [0.2, 0.25) is 0 Å². The minimum atomic E-state index is -1.11. The smallest absolute Gasteiger partial charge is 0.407 e. The van der Waals surface area contributed by atoms with Crippen LogP contribution in [0.4, 0.5) is 9.93 Å². The van der Waals surface area contributed by atoms with E-state index >= 15 is 0 Å². The monoisotopic (exact) mass is 864 g/mol. The van der Waals surface area contributed by atoms with Crippen LogP contribution in [0.15, 0.2) is 173 Å². The van der Waals surface area contributed by atoms with Crippen molar-refractivity contribution < 1.29 is 33.9 Å². The van der Waals surface area contributed by atoms with Crippen molar-refractivity contribution in [2.75, 3.05) is 24.7 Å². The Hall–Kier alpha value is -7.23. The molecular formula is C47H40N6O7S2. The summed E-state index contributed by atoms with van der Waals surface area (Å²) >= 11 is 2.49. The van der Waals surface area contributed by atoms with Crippen LogP contribution in [0.3, 0.4) is 0 Å². The molecule has 5 aromatic carbocycles. The maximum Gasteiger partial charge on any atom is 0.407 e. The molecule has 2 atom stereocenters. The van der Waals surface area contributed by atoms with Crippen molar-refractivity contribution in [2.45, 2.75) is 23.1 Å². The van der Waals surface area contributed by atoms with E-state index in [2.05, 4.69) is 21.1 Å². The highest BCUT2D eigenvalue weighted by molar-refractivity contribution is 8.00. The van der Waals surface area contributed by atoms with Crippen molar-refractivity contribution in [3.63, 3.8) is 0 Å². The molecule has 0 bridgehead atoms. The van der Waals surface area contributed by atoms with Crippen molar-refractivity contribution in [1.82, 2.24) is 20.5 Å². The van der Waals surface area contributed by atoms with Crippen LogP contribution in [0.1, 0.15) is 39.6 Å². The zero-order chi connectivity index (χ0) is 43.1. The fraction of sp³-hybridized carbons (Fsp3) is 0.149. The molecular weight excluding hydrogens is 825 g/mol. The zero-order valence-corrected chi connectivity index (χ0v) is 34.8. The molecule has 6 aromatic rings. The molecule has 62 heavy (non-hydrogen) atoms.